The predicted octanol–water partition coefficient (Wildman–Crippen LogP) is 3.34. The van der Waals surface area contributed by atoms with Gasteiger partial charge >= 0.3 is 5.97 Å². The normalized spacial score (nSPS) is 10.7. The number of thiazole rings is 1. The minimum atomic E-state index is -0.493. The number of hydrogen-bond acceptors (Lipinski definition) is 7. The third kappa shape index (κ3) is 4.36. The Labute approximate surface area is 181 Å². The van der Waals surface area contributed by atoms with Crippen molar-refractivity contribution in [2.45, 2.75) is 13.5 Å². The van der Waals surface area contributed by atoms with Gasteiger partial charge in [-0.05, 0) is 19.1 Å². The van der Waals surface area contributed by atoms with E-state index in [2.05, 4.69) is 15.4 Å². The molecule has 31 heavy (non-hydrogen) atoms. The summed E-state index contributed by atoms with van der Waals surface area (Å²) in [6, 6.07) is 16.2. The monoisotopic (exact) mass is 434 g/mol. The molecule has 0 atom stereocenters. The van der Waals surface area contributed by atoms with Crippen molar-refractivity contribution in [2.24, 2.45) is 0 Å². The molecule has 4 aromatic rings. The van der Waals surface area contributed by atoms with Crippen molar-refractivity contribution in [3.05, 3.63) is 75.9 Å². The number of rotatable bonds is 6. The highest BCUT2D eigenvalue weighted by Crippen LogP contribution is 2.31. The van der Waals surface area contributed by atoms with Gasteiger partial charge in [0.15, 0.2) is 5.13 Å². The molecule has 1 amide bonds. The first kappa shape index (κ1) is 20.4. The van der Waals surface area contributed by atoms with E-state index in [0.717, 1.165) is 16.9 Å². The number of para-hydroxylation sites is 1. The molecule has 8 nitrogen and oxygen atoms in total. The lowest BCUT2D eigenvalue weighted by Crippen LogP contribution is -2.22. The van der Waals surface area contributed by atoms with Crippen molar-refractivity contribution in [3.63, 3.8) is 0 Å². The van der Waals surface area contributed by atoms with E-state index < -0.39 is 5.97 Å². The fourth-order valence-corrected chi connectivity index (χ4v) is 3.98. The number of aromatic nitrogens is 3. The van der Waals surface area contributed by atoms with Gasteiger partial charge in [0.2, 0.25) is 11.3 Å². The van der Waals surface area contributed by atoms with Crippen LogP contribution in [0.2, 0.25) is 0 Å². The Balaban J connectivity index is 1.61. The highest BCUT2D eigenvalue weighted by atomic mass is 32.1. The van der Waals surface area contributed by atoms with E-state index in [9.17, 15) is 14.4 Å². The number of anilines is 1. The molecule has 0 aliphatic rings. The Morgan fingerprint density at radius 3 is 2.61 bits per heavy atom. The molecule has 4 rings (SSSR count). The predicted molar refractivity (Wildman–Crippen MR) is 118 cm³/mol. The zero-order valence-electron chi connectivity index (χ0n) is 16.6. The van der Waals surface area contributed by atoms with Gasteiger partial charge in [0, 0.05) is 10.9 Å². The second-order valence-electron chi connectivity index (χ2n) is 6.52. The Morgan fingerprint density at radius 1 is 1.10 bits per heavy atom. The van der Waals surface area contributed by atoms with Gasteiger partial charge in [-0.3, -0.25) is 14.3 Å². The van der Waals surface area contributed by atoms with E-state index >= 15 is 0 Å². The number of carbonyl (C=O) groups is 2. The minimum Gasteiger partial charge on any atom is -0.462 e. The van der Waals surface area contributed by atoms with E-state index in [0.29, 0.717) is 21.5 Å². The Kier molecular flexibility index (Phi) is 5.85. The number of ether oxygens (including phenoxy) is 1. The molecule has 9 heteroatoms. The molecular formula is C22H18N4O4S. The highest BCUT2D eigenvalue weighted by molar-refractivity contribution is 7.18. The molecule has 0 bridgehead atoms. The number of esters is 1. The summed E-state index contributed by atoms with van der Waals surface area (Å²) in [6.07, 6.45) is 1.19. The topological polar surface area (TPSA) is 103 Å². The summed E-state index contributed by atoms with van der Waals surface area (Å²) >= 11 is 1.05. The van der Waals surface area contributed by atoms with Crippen LogP contribution in [0.25, 0.3) is 22.2 Å². The summed E-state index contributed by atoms with van der Waals surface area (Å²) in [4.78, 5) is 41.8. The lowest BCUT2D eigenvalue weighted by Gasteiger charge is -2.08. The van der Waals surface area contributed by atoms with Crippen LogP contribution in [0.4, 0.5) is 5.13 Å². The standard InChI is InChI=1S/C22H18N4O4S/c1-2-30-21(29)20-19(14-8-4-3-5-9-14)25-22(31-20)24-18(28)13-26-16-11-7-6-10-15(16)17(27)12-23-26/h3-12H,2,13H2,1H3,(H,24,25,28). The molecule has 0 unspecified atom stereocenters. The number of carbonyl (C=O) groups excluding carboxylic acids is 2. The van der Waals surface area contributed by atoms with E-state index in [1.807, 2.05) is 30.3 Å². The van der Waals surface area contributed by atoms with E-state index in [4.69, 9.17) is 4.74 Å². The fraction of sp³-hybridized carbons (Fsp3) is 0.136. The quantitative estimate of drug-likeness (QED) is 0.467. The third-order valence-corrected chi connectivity index (χ3v) is 5.39. The van der Waals surface area contributed by atoms with E-state index in [1.54, 1.807) is 31.2 Å². The molecule has 156 valence electrons. The Morgan fingerprint density at radius 2 is 1.84 bits per heavy atom. The molecule has 0 saturated carbocycles. The summed E-state index contributed by atoms with van der Waals surface area (Å²) in [5, 5.41) is 7.54. The second-order valence-corrected chi connectivity index (χ2v) is 7.51. The van der Waals surface area contributed by atoms with Crippen molar-refractivity contribution in [3.8, 4) is 11.3 Å². The van der Waals surface area contributed by atoms with Crippen LogP contribution >= 0.6 is 11.3 Å². The average molecular weight is 434 g/mol. The second kappa shape index (κ2) is 8.88. The van der Waals surface area contributed by atoms with Crippen LogP contribution < -0.4 is 10.7 Å². The fourth-order valence-electron chi connectivity index (χ4n) is 3.08. The zero-order chi connectivity index (χ0) is 21.8. The largest absolute Gasteiger partial charge is 0.462 e. The molecule has 0 aliphatic carbocycles. The molecule has 1 N–H and O–H groups in total. The number of amides is 1. The summed E-state index contributed by atoms with van der Waals surface area (Å²) in [5.74, 6) is -0.877. The maximum Gasteiger partial charge on any atom is 0.350 e. The van der Waals surface area contributed by atoms with Gasteiger partial charge in [0.25, 0.3) is 0 Å². The lowest BCUT2D eigenvalue weighted by molar-refractivity contribution is -0.116. The van der Waals surface area contributed by atoms with Gasteiger partial charge in [-0.25, -0.2) is 9.78 Å². The maximum atomic E-state index is 12.7. The van der Waals surface area contributed by atoms with Gasteiger partial charge in [0.1, 0.15) is 11.4 Å². The van der Waals surface area contributed by atoms with E-state index in [1.165, 1.54) is 10.9 Å². The first-order chi connectivity index (χ1) is 15.1. The van der Waals surface area contributed by atoms with Crippen molar-refractivity contribution >= 4 is 39.2 Å². The molecule has 0 fully saturated rings. The van der Waals surface area contributed by atoms with Crippen molar-refractivity contribution < 1.29 is 14.3 Å². The summed E-state index contributed by atoms with van der Waals surface area (Å²) in [7, 11) is 0. The molecule has 2 aromatic heterocycles. The smallest absolute Gasteiger partial charge is 0.350 e. The Bertz CT molecular complexity index is 1310. The average Bonchev–Trinajstić information content (AvgIpc) is 3.20. The SMILES string of the molecule is CCOC(=O)c1sc(NC(=O)Cn2ncc(=O)c3ccccc32)nc1-c1ccccc1. The van der Waals surface area contributed by atoms with Gasteiger partial charge in [-0.1, -0.05) is 53.8 Å². The molecule has 0 radical (unpaired) electrons. The molecule has 0 spiro atoms. The third-order valence-electron chi connectivity index (χ3n) is 4.44. The molecule has 2 aromatic carbocycles. The molecule has 2 heterocycles. The number of nitrogens with zero attached hydrogens (tertiary/aromatic N) is 3. The molecule has 0 aliphatic heterocycles. The van der Waals surface area contributed by atoms with Crippen molar-refractivity contribution in [1.82, 2.24) is 14.8 Å². The van der Waals surface area contributed by atoms with Gasteiger partial charge in [-0.2, -0.15) is 5.10 Å². The summed E-state index contributed by atoms with van der Waals surface area (Å²) in [6.45, 7) is 1.85. The van der Waals surface area contributed by atoms with Crippen LogP contribution in [-0.4, -0.2) is 33.2 Å². The van der Waals surface area contributed by atoms with Crippen LogP contribution in [0.3, 0.4) is 0 Å². The number of fused-ring (bicyclic) bond motifs is 1. The van der Waals surface area contributed by atoms with Crippen LogP contribution in [0.5, 0.6) is 0 Å². The van der Waals surface area contributed by atoms with Crippen molar-refractivity contribution in [2.75, 3.05) is 11.9 Å². The van der Waals surface area contributed by atoms with Crippen LogP contribution in [0, 0.1) is 0 Å². The maximum absolute atomic E-state index is 12.7. The van der Waals surface area contributed by atoms with Gasteiger partial charge in [-0.15, -0.1) is 0 Å². The Hall–Kier alpha value is -3.85. The zero-order valence-corrected chi connectivity index (χ0v) is 17.4. The van der Waals surface area contributed by atoms with Gasteiger partial charge < -0.3 is 10.1 Å². The first-order valence-corrected chi connectivity index (χ1v) is 10.4. The van der Waals surface area contributed by atoms with Crippen LogP contribution in [0.15, 0.2) is 65.6 Å². The molecule has 0 saturated heterocycles. The van der Waals surface area contributed by atoms with Crippen molar-refractivity contribution in [1.29, 1.82) is 0 Å². The van der Waals surface area contributed by atoms with E-state index in [-0.39, 0.29) is 29.6 Å². The van der Waals surface area contributed by atoms with Crippen LogP contribution in [0.1, 0.15) is 16.6 Å². The number of benzene rings is 2. The minimum absolute atomic E-state index is 0.115. The number of nitrogens with one attached hydrogen (secondary N) is 1. The highest BCUT2D eigenvalue weighted by Gasteiger charge is 2.21. The number of hydrogen-bond donors (Lipinski definition) is 1. The lowest BCUT2D eigenvalue weighted by atomic mass is 10.1. The molecular weight excluding hydrogens is 416 g/mol. The van der Waals surface area contributed by atoms with Crippen LogP contribution in [-0.2, 0) is 16.1 Å². The summed E-state index contributed by atoms with van der Waals surface area (Å²) < 4.78 is 6.59. The first-order valence-electron chi connectivity index (χ1n) is 9.55. The van der Waals surface area contributed by atoms with Gasteiger partial charge in [0.05, 0.1) is 24.0 Å². The summed E-state index contributed by atoms with van der Waals surface area (Å²) in [5.41, 5.74) is 1.54.